The number of amides is 2. The lowest BCUT2D eigenvalue weighted by Gasteiger charge is -2.16. The van der Waals surface area contributed by atoms with E-state index in [9.17, 15) is 4.79 Å². The molecule has 6 heteroatoms. The van der Waals surface area contributed by atoms with Gasteiger partial charge in [0.2, 0.25) is 0 Å². The van der Waals surface area contributed by atoms with Crippen molar-refractivity contribution in [1.29, 1.82) is 0 Å². The molecule has 0 bridgehead atoms. The Balaban J connectivity index is 1.63. The molecule has 1 fully saturated rings. The smallest absolute Gasteiger partial charge is 0.315 e. The summed E-state index contributed by atoms with van der Waals surface area (Å²) < 4.78 is 7.23. The van der Waals surface area contributed by atoms with E-state index in [1.807, 2.05) is 19.2 Å². The quantitative estimate of drug-likeness (QED) is 0.812. The van der Waals surface area contributed by atoms with Crippen LogP contribution in [0, 0.1) is 0 Å². The zero-order valence-corrected chi connectivity index (χ0v) is 10.6. The van der Waals surface area contributed by atoms with Gasteiger partial charge in [0.05, 0.1) is 12.6 Å². The number of carbonyl (C=O) groups is 1. The molecule has 0 saturated carbocycles. The highest BCUT2D eigenvalue weighted by Gasteiger charge is 2.16. The molecule has 0 spiro atoms. The Labute approximate surface area is 107 Å². The van der Waals surface area contributed by atoms with Gasteiger partial charge in [0, 0.05) is 31.6 Å². The number of carbonyl (C=O) groups excluding carboxylic acids is 1. The summed E-state index contributed by atoms with van der Waals surface area (Å²) in [7, 11) is 0. The monoisotopic (exact) mass is 252 g/mol. The lowest BCUT2D eigenvalue weighted by molar-refractivity contribution is 0.111. The summed E-state index contributed by atoms with van der Waals surface area (Å²) in [4.78, 5) is 11.6. The van der Waals surface area contributed by atoms with Crippen LogP contribution in [0.15, 0.2) is 18.5 Å². The first-order valence-corrected chi connectivity index (χ1v) is 6.37. The first kappa shape index (κ1) is 12.9. The molecule has 18 heavy (non-hydrogen) atoms. The fourth-order valence-corrected chi connectivity index (χ4v) is 2.02. The molecule has 100 valence electrons. The fourth-order valence-electron chi connectivity index (χ4n) is 2.02. The predicted molar refractivity (Wildman–Crippen MR) is 67.2 cm³/mol. The molecule has 1 aliphatic heterocycles. The normalized spacial score (nSPS) is 20.6. The second kappa shape index (κ2) is 6.39. The molecule has 2 atom stereocenters. The average molecular weight is 252 g/mol. The number of aromatic nitrogens is 2. The van der Waals surface area contributed by atoms with Gasteiger partial charge in [0.1, 0.15) is 0 Å². The maximum Gasteiger partial charge on any atom is 0.315 e. The SMILES string of the molecule is C[C@H](Cn1cccn1)NC(=O)NC[C@H]1CCCO1. The molecular weight excluding hydrogens is 232 g/mol. The number of hydrogen-bond donors (Lipinski definition) is 2. The van der Waals surface area contributed by atoms with Crippen molar-refractivity contribution < 1.29 is 9.53 Å². The summed E-state index contributed by atoms with van der Waals surface area (Å²) in [5.74, 6) is 0. The number of rotatable bonds is 5. The van der Waals surface area contributed by atoms with Crippen LogP contribution in [-0.2, 0) is 11.3 Å². The zero-order chi connectivity index (χ0) is 12.8. The van der Waals surface area contributed by atoms with Crippen molar-refractivity contribution in [2.24, 2.45) is 0 Å². The van der Waals surface area contributed by atoms with Crippen LogP contribution >= 0.6 is 0 Å². The van der Waals surface area contributed by atoms with E-state index in [1.165, 1.54) is 0 Å². The maximum absolute atomic E-state index is 11.6. The van der Waals surface area contributed by atoms with Crippen LogP contribution in [0.2, 0.25) is 0 Å². The third kappa shape index (κ3) is 4.03. The standard InChI is InChI=1S/C12H20N4O2/c1-10(9-16-6-3-5-14-16)15-12(17)13-8-11-4-2-7-18-11/h3,5-6,10-11H,2,4,7-9H2,1H3,(H2,13,15,17)/t10-,11-/m1/s1. The Morgan fingerprint density at radius 1 is 1.67 bits per heavy atom. The van der Waals surface area contributed by atoms with E-state index in [1.54, 1.807) is 10.9 Å². The first-order valence-electron chi connectivity index (χ1n) is 6.37. The van der Waals surface area contributed by atoms with Gasteiger partial charge in [0.15, 0.2) is 0 Å². The first-order chi connectivity index (χ1) is 8.74. The van der Waals surface area contributed by atoms with Crippen molar-refractivity contribution in [3.8, 4) is 0 Å². The second-order valence-corrected chi connectivity index (χ2v) is 4.62. The molecule has 0 aliphatic carbocycles. The maximum atomic E-state index is 11.6. The van der Waals surface area contributed by atoms with Gasteiger partial charge in [-0.3, -0.25) is 4.68 Å². The fraction of sp³-hybridized carbons (Fsp3) is 0.667. The molecule has 0 unspecified atom stereocenters. The van der Waals surface area contributed by atoms with Crippen LogP contribution in [0.1, 0.15) is 19.8 Å². The van der Waals surface area contributed by atoms with Crippen molar-refractivity contribution in [2.45, 2.75) is 38.5 Å². The van der Waals surface area contributed by atoms with Crippen LogP contribution in [-0.4, -0.2) is 41.1 Å². The van der Waals surface area contributed by atoms with Gasteiger partial charge >= 0.3 is 6.03 Å². The van der Waals surface area contributed by atoms with Gasteiger partial charge in [-0.1, -0.05) is 0 Å². The summed E-state index contributed by atoms with van der Waals surface area (Å²) in [6.45, 7) is 4.01. The third-order valence-electron chi connectivity index (χ3n) is 2.91. The number of ether oxygens (including phenoxy) is 1. The molecule has 2 rings (SSSR count). The van der Waals surface area contributed by atoms with Gasteiger partial charge in [-0.05, 0) is 25.8 Å². The van der Waals surface area contributed by atoms with Crippen molar-refractivity contribution in [2.75, 3.05) is 13.2 Å². The molecular formula is C12H20N4O2. The van der Waals surface area contributed by atoms with E-state index < -0.39 is 0 Å². The molecule has 6 nitrogen and oxygen atoms in total. The molecule has 0 radical (unpaired) electrons. The molecule has 1 aromatic rings. The van der Waals surface area contributed by atoms with Crippen molar-refractivity contribution in [3.05, 3.63) is 18.5 Å². The predicted octanol–water partition coefficient (Wildman–Crippen LogP) is 0.750. The van der Waals surface area contributed by atoms with E-state index in [0.29, 0.717) is 13.1 Å². The number of nitrogens with one attached hydrogen (secondary N) is 2. The topological polar surface area (TPSA) is 68.2 Å². The van der Waals surface area contributed by atoms with E-state index in [2.05, 4.69) is 15.7 Å². The number of hydrogen-bond acceptors (Lipinski definition) is 3. The summed E-state index contributed by atoms with van der Waals surface area (Å²) in [6, 6.07) is 1.75. The van der Waals surface area contributed by atoms with Crippen LogP contribution < -0.4 is 10.6 Å². The van der Waals surface area contributed by atoms with Gasteiger partial charge in [-0.25, -0.2) is 4.79 Å². The van der Waals surface area contributed by atoms with E-state index in [-0.39, 0.29) is 18.2 Å². The Morgan fingerprint density at radius 2 is 2.56 bits per heavy atom. The summed E-state index contributed by atoms with van der Waals surface area (Å²) in [5.41, 5.74) is 0. The van der Waals surface area contributed by atoms with Crippen molar-refractivity contribution in [1.82, 2.24) is 20.4 Å². The minimum Gasteiger partial charge on any atom is -0.376 e. The number of urea groups is 1. The second-order valence-electron chi connectivity index (χ2n) is 4.62. The van der Waals surface area contributed by atoms with E-state index in [4.69, 9.17) is 4.74 Å². The Morgan fingerprint density at radius 3 is 3.22 bits per heavy atom. The van der Waals surface area contributed by atoms with Crippen LogP contribution in [0.3, 0.4) is 0 Å². The van der Waals surface area contributed by atoms with Gasteiger partial charge in [-0.2, -0.15) is 5.10 Å². The van der Waals surface area contributed by atoms with Crippen molar-refractivity contribution in [3.63, 3.8) is 0 Å². The van der Waals surface area contributed by atoms with E-state index >= 15 is 0 Å². The average Bonchev–Trinajstić information content (AvgIpc) is 2.98. The zero-order valence-electron chi connectivity index (χ0n) is 10.6. The largest absolute Gasteiger partial charge is 0.376 e. The summed E-state index contributed by atoms with van der Waals surface area (Å²) >= 11 is 0. The summed E-state index contributed by atoms with van der Waals surface area (Å²) in [6.07, 6.45) is 5.90. The van der Waals surface area contributed by atoms with Crippen molar-refractivity contribution >= 4 is 6.03 Å². The minimum absolute atomic E-state index is 0.0365. The van der Waals surface area contributed by atoms with Gasteiger partial charge in [-0.15, -0.1) is 0 Å². The lowest BCUT2D eigenvalue weighted by Crippen LogP contribution is -2.44. The van der Waals surface area contributed by atoms with Gasteiger partial charge < -0.3 is 15.4 Å². The third-order valence-corrected chi connectivity index (χ3v) is 2.91. The lowest BCUT2D eigenvalue weighted by atomic mass is 10.2. The Hall–Kier alpha value is -1.56. The number of nitrogens with zero attached hydrogens (tertiary/aromatic N) is 2. The van der Waals surface area contributed by atoms with Gasteiger partial charge in [0.25, 0.3) is 0 Å². The van der Waals surface area contributed by atoms with Crippen LogP contribution in [0.5, 0.6) is 0 Å². The molecule has 1 saturated heterocycles. The van der Waals surface area contributed by atoms with Crippen LogP contribution in [0.4, 0.5) is 4.79 Å². The summed E-state index contributed by atoms with van der Waals surface area (Å²) in [5, 5.41) is 9.80. The highest BCUT2D eigenvalue weighted by atomic mass is 16.5. The van der Waals surface area contributed by atoms with E-state index in [0.717, 1.165) is 19.4 Å². The highest BCUT2D eigenvalue weighted by molar-refractivity contribution is 5.74. The highest BCUT2D eigenvalue weighted by Crippen LogP contribution is 2.10. The Kier molecular flexibility index (Phi) is 4.58. The van der Waals surface area contributed by atoms with Crippen LogP contribution in [0.25, 0.3) is 0 Å². The molecule has 1 aliphatic rings. The molecule has 0 aromatic carbocycles. The minimum atomic E-state index is -0.148. The molecule has 2 amide bonds. The molecule has 1 aromatic heterocycles. The Bertz CT molecular complexity index is 360. The molecule has 2 N–H and O–H groups in total. The molecule has 2 heterocycles.